The molecule has 190 valence electrons. The van der Waals surface area contributed by atoms with E-state index in [1.54, 1.807) is 11.9 Å². The third-order valence-electron chi connectivity index (χ3n) is 7.83. The first-order chi connectivity index (χ1) is 15.0. The van der Waals surface area contributed by atoms with Gasteiger partial charge in [-0.25, -0.2) is 9.97 Å². The lowest BCUT2D eigenvalue weighted by molar-refractivity contribution is 0.356. The Kier molecular flexibility index (Phi) is 9.92. The molecule has 1 spiro atoms. The predicted molar refractivity (Wildman–Crippen MR) is 150 cm³/mol. The molecule has 1 unspecified atom stereocenters. The number of aromatic nitrogens is 2. The van der Waals surface area contributed by atoms with Crippen molar-refractivity contribution >= 4 is 48.7 Å². The van der Waals surface area contributed by atoms with Gasteiger partial charge in [0.2, 0.25) is 0 Å². The number of anilines is 2. The predicted octanol–water partition coefficient (Wildman–Crippen LogP) is 5.89. The summed E-state index contributed by atoms with van der Waals surface area (Å²) in [5.41, 5.74) is 7.36. The molecule has 5 rings (SSSR count). The van der Waals surface area contributed by atoms with Crippen LogP contribution in [0.15, 0.2) is 24.5 Å². The van der Waals surface area contributed by atoms with Crippen LogP contribution in [0.5, 0.6) is 0 Å². The highest BCUT2D eigenvalue weighted by Crippen LogP contribution is 2.48. The van der Waals surface area contributed by atoms with E-state index in [1.807, 2.05) is 0 Å². The molecule has 3 heterocycles. The summed E-state index contributed by atoms with van der Waals surface area (Å²) in [6.07, 6.45) is 6.48. The second-order valence-electron chi connectivity index (χ2n) is 10.4. The normalized spacial score (nSPS) is 19.7. The fourth-order valence-corrected chi connectivity index (χ4v) is 6.12. The van der Waals surface area contributed by atoms with E-state index >= 15 is 0 Å². The highest BCUT2D eigenvalue weighted by molar-refractivity contribution is 5.86. The van der Waals surface area contributed by atoms with E-state index in [0.29, 0.717) is 17.9 Å². The van der Waals surface area contributed by atoms with Gasteiger partial charge in [-0.3, -0.25) is 0 Å². The Hall–Kier alpha value is -1.27. The number of nitrogens with zero attached hydrogens (tertiary/aromatic N) is 3. The van der Waals surface area contributed by atoms with Crippen LogP contribution in [0.3, 0.4) is 0 Å². The van der Waals surface area contributed by atoms with Crippen molar-refractivity contribution in [3.05, 3.63) is 46.9 Å². The number of rotatable bonds is 5. The number of hydrogen-bond acceptors (Lipinski definition) is 5. The number of piperidine rings is 1. The Balaban J connectivity index is 0.00000136. The SMILES string of the molecule is CC(C)NCc1cccc2c1C1(CCN(c3ncnc4c3C(C(C)C)CC4)CC1)CN2.Cl.Cl.Cl. The van der Waals surface area contributed by atoms with Crippen LogP contribution in [0.25, 0.3) is 0 Å². The highest BCUT2D eigenvalue weighted by Gasteiger charge is 2.44. The molecule has 0 bridgehead atoms. The van der Waals surface area contributed by atoms with E-state index in [2.05, 4.69) is 66.4 Å². The maximum absolute atomic E-state index is 4.82. The summed E-state index contributed by atoms with van der Waals surface area (Å²) in [4.78, 5) is 12.0. The van der Waals surface area contributed by atoms with Gasteiger partial charge in [-0.1, -0.05) is 39.8 Å². The van der Waals surface area contributed by atoms with Crippen LogP contribution in [0.1, 0.15) is 75.3 Å². The molecule has 1 saturated heterocycles. The Morgan fingerprint density at radius 2 is 1.82 bits per heavy atom. The lowest BCUT2D eigenvalue weighted by Crippen LogP contribution is -2.45. The number of benzene rings is 1. The molecule has 8 heteroatoms. The fraction of sp³-hybridized carbons (Fsp3) is 0.615. The van der Waals surface area contributed by atoms with Crippen LogP contribution in [0.2, 0.25) is 0 Å². The molecule has 3 aliphatic rings. The van der Waals surface area contributed by atoms with Crippen molar-refractivity contribution in [2.24, 2.45) is 5.92 Å². The smallest absolute Gasteiger partial charge is 0.135 e. The molecule has 1 atom stereocenters. The molecule has 1 aromatic carbocycles. The quantitative estimate of drug-likeness (QED) is 0.507. The number of hydrogen-bond donors (Lipinski definition) is 2. The van der Waals surface area contributed by atoms with Crippen LogP contribution < -0.4 is 15.5 Å². The summed E-state index contributed by atoms with van der Waals surface area (Å²) >= 11 is 0. The van der Waals surface area contributed by atoms with Gasteiger partial charge in [-0.05, 0) is 54.7 Å². The molecule has 1 aliphatic carbocycles. The Morgan fingerprint density at radius 3 is 2.50 bits per heavy atom. The van der Waals surface area contributed by atoms with Gasteiger partial charge in [-0.15, -0.1) is 37.2 Å². The average molecular weight is 529 g/mol. The molecule has 5 nitrogen and oxygen atoms in total. The number of aryl methyl sites for hydroxylation is 1. The lowest BCUT2D eigenvalue weighted by atomic mass is 9.72. The summed E-state index contributed by atoms with van der Waals surface area (Å²) in [6.45, 7) is 13.3. The summed E-state index contributed by atoms with van der Waals surface area (Å²) < 4.78 is 0. The van der Waals surface area contributed by atoms with Crippen LogP contribution in [-0.2, 0) is 18.4 Å². The van der Waals surface area contributed by atoms with Crippen LogP contribution in [0, 0.1) is 5.92 Å². The molecule has 34 heavy (non-hydrogen) atoms. The number of fused-ring (bicyclic) bond motifs is 3. The van der Waals surface area contributed by atoms with Crippen molar-refractivity contribution in [2.75, 3.05) is 29.9 Å². The third-order valence-corrected chi connectivity index (χ3v) is 7.83. The van der Waals surface area contributed by atoms with Gasteiger partial charge in [0.05, 0.1) is 0 Å². The minimum absolute atomic E-state index is 0. The second-order valence-corrected chi connectivity index (χ2v) is 10.4. The first-order valence-corrected chi connectivity index (χ1v) is 12.2. The molecule has 2 aromatic rings. The van der Waals surface area contributed by atoms with Gasteiger partial charge >= 0.3 is 0 Å². The summed E-state index contributed by atoms with van der Waals surface area (Å²) in [7, 11) is 0. The summed E-state index contributed by atoms with van der Waals surface area (Å²) in [6, 6.07) is 7.28. The topological polar surface area (TPSA) is 53.1 Å². The maximum atomic E-state index is 4.82. The molecule has 0 radical (unpaired) electrons. The van der Waals surface area contributed by atoms with E-state index in [1.165, 1.54) is 47.6 Å². The van der Waals surface area contributed by atoms with E-state index < -0.39 is 0 Å². The monoisotopic (exact) mass is 527 g/mol. The molecule has 0 amide bonds. The molecular formula is C26H40Cl3N5. The van der Waals surface area contributed by atoms with Gasteiger partial charge in [-0.2, -0.15) is 0 Å². The lowest BCUT2D eigenvalue weighted by Gasteiger charge is -2.41. The highest BCUT2D eigenvalue weighted by atomic mass is 35.5. The Morgan fingerprint density at radius 1 is 1.09 bits per heavy atom. The first kappa shape index (κ1) is 29.0. The molecule has 1 fully saturated rings. The third kappa shape index (κ3) is 5.13. The van der Waals surface area contributed by atoms with Crippen LogP contribution in [0.4, 0.5) is 11.5 Å². The van der Waals surface area contributed by atoms with Crippen molar-refractivity contribution in [3.8, 4) is 0 Å². The van der Waals surface area contributed by atoms with E-state index in [4.69, 9.17) is 4.98 Å². The van der Waals surface area contributed by atoms with E-state index in [-0.39, 0.29) is 42.6 Å². The van der Waals surface area contributed by atoms with Gasteiger partial charge in [0.25, 0.3) is 0 Å². The number of halogens is 3. The molecule has 1 aromatic heterocycles. The minimum Gasteiger partial charge on any atom is -0.384 e. The fourth-order valence-electron chi connectivity index (χ4n) is 6.12. The zero-order valence-electron chi connectivity index (χ0n) is 20.8. The second kappa shape index (κ2) is 11.6. The first-order valence-electron chi connectivity index (χ1n) is 12.2. The zero-order valence-corrected chi connectivity index (χ0v) is 23.2. The number of nitrogens with one attached hydrogen (secondary N) is 2. The summed E-state index contributed by atoms with van der Waals surface area (Å²) in [5.74, 6) is 2.46. The Bertz CT molecular complexity index is 957. The van der Waals surface area contributed by atoms with Crippen LogP contribution >= 0.6 is 37.2 Å². The maximum Gasteiger partial charge on any atom is 0.135 e. The standard InChI is InChI=1S/C26H37N5.3ClH/c1-17(2)20-8-9-21-23(20)25(30-16-29-21)31-12-10-26(11-13-31)15-28-22-7-5-6-19(24(22)26)14-27-18(3)4;;;/h5-7,16-18,20,27-28H,8-15H2,1-4H3;3*1H. The van der Waals surface area contributed by atoms with Gasteiger partial charge < -0.3 is 15.5 Å². The van der Waals surface area contributed by atoms with Crippen molar-refractivity contribution in [1.82, 2.24) is 15.3 Å². The average Bonchev–Trinajstić information content (AvgIpc) is 3.36. The largest absolute Gasteiger partial charge is 0.384 e. The van der Waals surface area contributed by atoms with Gasteiger partial charge in [0.15, 0.2) is 0 Å². The Labute approximate surface area is 223 Å². The van der Waals surface area contributed by atoms with Gasteiger partial charge in [0.1, 0.15) is 12.1 Å². The van der Waals surface area contributed by atoms with Crippen molar-refractivity contribution in [3.63, 3.8) is 0 Å². The van der Waals surface area contributed by atoms with Crippen LogP contribution in [-0.4, -0.2) is 35.6 Å². The molecular weight excluding hydrogens is 489 g/mol. The van der Waals surface area contributed by atoms with E-state index in [9.17, 15) is 0 Å². The van der Waals surface area contributed by atoms with E-state index in [0.717, 1.165) is 32.6 Å². The van der Waals surface area contributed by atoms with Crippen molar-refractivity contribution in [2.45, 2.75) is 77.3 Å². The molecule has 2 N–H and O–H groups in total. The molecule has 0 saturated carbocycles. The minimum atomic E-state index is 0. The van der Waals surface area contributed by atoms with Crippen molar-refractivity contribution < 1.29 is 0 Å². The van der Waals surface area contributed by atoms with Crippen molar-refractivity contribution in [1.29, 1.82) is 0 Å². The zero-order chi connectivity index (χ0) is 21.6. The van der Waals surface area contributed by atoms with Gasteiger partial charge in [0, 0.05) is 54.6 Å². The molecule has 2 aliphatic heterocycles. The summed E-state index contributed by atoms with van der Waals surface area (Å²) in [5, 5.41) is 7.37.